The highest BCUT2D eigenvalue weighted by atomic mass is 32.1. The first-order valence-corrected chi connectivity index (χ1v) is 11.1. The molecular weight excluding hydrogens is 469 g/mol. The number of amides is 2. The summed E-state index contributed by atoms with van der Waals surface area (Å²) in [5.74, 6) is -0.174. The first kappa shape index (κ1) is 23.5. The third-order valence-corrected chi connectivity index (χ3v) is 6.09. The largest absolute Gasteiger partial charge is 0.416 e. The molecule has 4 rings (SSSR count). The van der Waals surface area contributed by atoms with Gasteiger partial charge in [0.05, 0.1) is 33.4 Å². The molecule has 2 aromatic carbocycles. The number of likely N-dealkylation sites (N-methyl/N-ethyl adjacent to an activating group) is 1. The molecule has 34 heavy (non-hydrogen) atoms. The number of anilines is 2. The van der Waals surface area contributed by atoms with Gasteiger partial charge in [0.15, 0.2) is 5.13 Å². The Kier molecular flexibility index (Phi) is 6.17. The smallest absolute Gasteiger partial charge is 0.347 e. The summed E-state index contributed by atoms with van der Waals surface area (Å²) in [6.45, 7) is 2.37. The summed E-state index contributed by atoms with van der Waals surface area (Å²) >= 11 is 1.10. The first-order chi connectivity index (χ1) is 16.1. The Balaban J connectivity index is 1.60. The van der Waals surface area contributed by atoms with Gasteiger partial charge in [0.25, 0.3) is 5.91 Å². The Labute approximate surface area is 196 Å². The van der Waals surface area contributed by atoms with Crippen molar-refractivity contribution in [2.24, 2.45) is 0 Å². The summed E-state index contributed by atoms with van der Waals surface area (Å²) in [4.78, 5) is 34.5. The molecule has 0 aliphatic heterocycles. The zero-order chi connectivity index (χ0) is 24.6. The average molecular weight is 491 g/mol. The fourth-order valence-corrected chi connectivity index (χ4v) is 4.25. The topological polar surface area (TPSA) is 92.1 Å². The molecule has 12 heteroatoms. The minimum absolute atomic E-state index is 0.117. The molecule has 2 N–H and O–H groups in total. The van der Waals surface area contributed by atoms with Crippen LogP contribution in [0.15, 0.2) is 36.4 Å². The number of hydrogen-bond acceptors (Lipinski definition) is 6. The van der Waals surface area contributed by atoms with Crippen molar-refractivity contribution >= 4 is 55.5 Å². The van der Waals surface area contributed by atoms with Crippen molar-refractivity contribution in [3.05, 3.63) is 47.5 Å². The SMILES string of the molecule is CCn1c(Nc2nc3ccc(C(F)(F)F)cc3s2)nc2cc(C(=O)NCC(=O)N(C)C)ccc21. The molecule has 2 amide bonds. The number of thiazole rings is 1. The molecule has 0 fully saturated rings. The average Bonchev–Trinajstić information content (AvgIpc) is 3.35. The van der Waals surface area contributed by atoms with E-state index in [-0.39, 0.29) is 12.5 Å². The molecule has 2 aromatic heterocycles. The molecule has 0 spiro atoms. The van der Waals surface area contributed by atoms with Crippen molar-refractivity contribution in [3.8, 4) is 0 Å². The molecule has 0 bridgehead atoms. The fraction of sp³-hybridized carbons (Fsp3) is 0.273. The number of carbonyl (C=O) groups excluding carboxylic acids is 2. The zero-order valence-corrected chi connectivity index (χ0v) is 19.3. The van der Waals surface area contributed by atoms with Crippen LogP contribution >= 0.6 is 11.3 Å². The molecule has 0 aliphatic rings. The molecule has 178 valence electrons. The minimum Gasteiger partial charge on any atom is -0.347 e. The van der Waals surface area contributed by atoms with E-state index in [0.29, 0.717) is 38.9 Å². The highest BCUT2D eigenvalue weighted by Crippen LogP contribution is 2.35. The monoisotopic (exact) mass is 490 g/mol. The number of imidazole rings is 1. The lowest BCUT2D eigenvalue weighted by Crippen LogP contribution is -2.36. The second-order valence-electron chi connectivity index (χ2n) is 7.68. The number of nitrogens with one attached hydrogen (secondary N) is 2. The predicted octanol–water partition coefficient (Wildman–Crippen LogP) is 4.25. The molecule has 8 nitrogen and oxygen atoms in total. The summed E-state index contributed by atoms with van der Waals surface area (Å²) in [6, 6.07) is 8.45. The molecular formula is C22H21F3N6O2S. The van der Waals surface area contributed by atoms with Gasteiger partial charge in [0, 0.05) is 26.2 Å². The van der Waals surface area contributed by atoms with Crippen molar-refractivity contribution in [2.45, 2.75) is 19.6 Å². The Morgan fingerprint density at radius 1 is 1.09 bits per heavy atom. The summed E-state index contributed by atoms with van der Waals surface area (Å²) in [6.07, 6.45) is -4.42. The number of fused-ring (bicyclic) bond motifs is 2. The summed E-state index contributed by atoms with van der Waals surface area (Å²) in [7, 11) is 3.21. The van der Waals surface area contributed by atoms with Crippen molar-refractivity contribution < 1.29 is 22.8 Å². The maximum absolute atomic E-state index is 13.0. The molecule has 0 radical (unpaired) electrons. The van der Waals surface area contributed by atoms with Crippen LogP contribution in [0.2, 0.25) is 0 Å². The van der Waals surface area contributed by atoms with Gasteiger partial charge in [-0.05, 0) is 43.3 Å². The van der Waals surface area contributed by atoms with Gasteiger partial charge < -0.3 is 20.1 Å². The fourth-order valence-electron chi connectivity index (χ4n) is 3.35. The van der Waals surface area contributed by atoms with E-state index in [2.05, 4.69) is 20.6 Å². The van der Waals surface area contributed by atoms with Gasteiger partial charge in [-0.25, -0.2) is 9.97 Å². The highest BCUT2D eigenvalue weighted by molar-refractivity contribution is 7.22. The van der Waals surface area contributed by atoms with Crippen molar-refractivity contribution in [1.82, 2.24) is 24.8 Å². The number of alkyl halides is 3. The van der Waals surface area contributed by atoms with Crippen LogP contribution in [0.3, 0.4) is 0 Å². The number of rotatable bonds is 6. The molecule has 2 heterocycles. The van der Waals surface area contributed by atoms with Crippen LogP contribution in [0, 0.1) is 0 Å². The Bertz CT molecular complexity index is 1390. The van der Waals surface area contributed by atoms with E-state index in [1.54, 1.807) is 32.3 Å². The quantitative estimate of drug-likeness (QED) is 0.422. The molecule has 0 saturated heterocycles. The molecule has 0 aliphatic carbocycles. The molecule has 0 saturated carbocycles. The van der Waals surface area contributed by atoms with Gasteiger partial charge in [-0.3, -0.25) is 9.59 Å². The summed E-state index contributed by atoms with van der Waals surface area (Å²) in [5, 5.41) is 6.07. The second kappa shape index (κ2) is 8.93. The third kappa shape index (κ3) is 4.67. The van der Waals surface area contributed by atoms with Crippen molar-refractivity contribution in [3.63, 3.8) is 0 Å². The normalized spacial score (nSPS) is 11.7. The lowest BCUT2D eigenvalue weighted by Gasteiger charge is -2.11. The van der Waals surface area contributed by atoms with Crippen LogP contribution in [0.4, 0.5) is 24.3 Å². The lowest BCUT2D eigenvalue weighted by atomic mass is 10.2. The van der Waals surface area contributed by atoms with Gasteiger partial charge in [-0.1, -0.05) is 11.3 Å². The number of benzene rings is 2. The maximum Gasteiger partial charge on any atom is 0.416 e. The van der Waals surface area contributed by atoms with Crippen molar-refractivity contribution in [2.75, 3.05) is 26.0 Å². The van der Waals surface area contributed by atoms with Crippen LogP contribution in [0.5, 0.6) is 0 Å². The number of nitrogens with zero attached hydrogens (tertiary/aromatic N) is 4. The minimum atomic E-state index is -4.42. The third-order valence-electron chi connectivity index (χ3n) is 5.16. The number of carbonyl (C=O) groups is 2. The van der Waals surface area contributed by atoms with Gasteiger partial charge >= 0.3 is 6.18 Å². The van der Waals surface area contributed by atoms with Crippen molar-refractivity contribution in [1.29, 1.82) is 0 Å². The van der Waals surface area contributed by atoms with Gasteiger partial charge in [0.1, 0.15) is 0 Å². The number of aromatic nitrogens is 3. The molecule has 0 unspecified atom stereocenters. The van der Waals surface area contributed by atoms with E-state index in [1.807, 2.05) is 11.5 Å². The Hall–Kier alpha value is -3.67. The van der Waals surface area contributed by atoms with E-state index in [1.165, 1.54) is 11.0 Å². The summed E-state index contributed by atoms with van der Waals surface area (Å²) in [5.41, 5.74) is 1.40. The lowest BCUT2D eigenvalue weighted by molar-refractivity contribution is -0.137. The van der Waals surface area contributed by atoms with E-state index >= 15 is 0 Å². The van der Waals surface area contributed by atoms with Crippen LogP contribution < -0.4 is 10.6 Å². The number of aryl methyl sites for hydroxylation is 1. The van der Waals surface area contributed by atoms with E-state index in [0.717, 1.165) is 29.0 Å². The maximum atomic E-state index is 13.0. The standard InChI is InChI=1S/C22H21F3N6O2S/c1-4-31-16-8-5-12(19(33)26-11-18(32)30(2)3)9-15(16)27-20(31)29-21-28-14-7-6-13(22(23,24)25)10-17(14)34-21/h5-10H,4,11H2,1-3H3,(H,26,33)(H,27,28,29). The number of halogens is 3. The highest BCUT2D eigenvalue weighted by Gasteiger charge is 2.30. The second-order valence-corrected chi connectivity index (χ2v) is 8.71. The van der Waals surface area contributed by atoms with Crippen LogP contribution in [-0.4, -0.2) is 51.9 Å². The van der Waals surface area contributed by atoms with Crippen LogP contribution in [0.1, 0.15) is 22.8 Å². The summed E-state index contributed by atoms with van der Waals surface area (Å²) < 4.78 is 41.3. The van der Waals surface area contributed by atoms with Crippen LogP contribution in [-0.2, 0) is 17.5 Å². The zero-order valence-electron chi connectivity index (χ0n) is 18.5. The first-order valence-electron chi connectivity index (χ1n) is 10.3. The molecule has 4 aromatic rings. The van der Waals surface area contributed by atoms with E-state index in [9.17, 15) is 22.8 Å². The Morgan fingerprint density at radius 3 is 2.53 bits per heavy atom. The Morgan fingerprint density at radius 2 is 1.85 bits per heavy atom. The predicted molar refractivity (Wildman–Crippen MR) is 124 cm³/mol. The number of hydrogen-bond donors (Lipinski definition) is 2. The van der Waals surface area contributed by atoms with E-state index in [4.69, 9.17) is 0 Å². The van der Waals surface area contributed by atoms with Gasteiger partial charge in [-0.2, -0.15) is 13.2 Å². The molecule has 0 atom stereocenters. The van der Waals surface area contributed by atoms with E-state index < -0.39 is 17.6 Å². The van der Waals surface area contributed by atoms with Crippen LogP contribution in [0.25, 0.3) is 21.3 Å². The van der Waals surface area contributed by atoms with Gasteiger partial charge in [0.2, 0.25) is 11.9 Å². The van der Waals surface area contributed by atoms with Gasteiger partial charge in [-0.15, -0.1) is 0 Å².